The van der Waals surface area contributed by atoms with Crippen LogP contribution in [0.1, 0.15) is 149 Å². The Morgan fingerprint density at radius 2 is 0.540 bits per heavy atom. The number of hydrogen-bond acceptors (Lipinski definition) is 6. The molecule has 15 aromatic carbocycles. The van der Waals surface area contributed by atoms with E-state index in [1.807, 2.05) is 24.7 Å². The Balaban J connectivity index is 0.0000000984. The summed E-state index contributed by atoms with van der Waals surface area (Å²) >= 11 is 0. The number of fused-ring (bicyclic) bond motifs is 14. The van der Waals surface area contributed by atoms with E-state index < -0.39 is 0 Å². The van der Waals surface area contributed by atoms with Gasteiger partial charge in [0.25, 0.3) is 0 Å². The third kappa shape index (κ3) is 15.6. The molecule has 610 valence electrons. The highest BCUT2D eigenvalue weighted by Crippen LogP contribution is 2.58. The topological polar surface area (TPSA) is 38.7 Å². The number of hydrogen-bond donors (Lipinski definition) is 0. The van der Waals surface area contributed by atoms with Crippen LogP contribution in [-0.4, -0.2) is 9.97 Å². The first kappa shape index (κ1) is 77.2. The van der Waals surface area contributed by atoms with Crippen LogP contribution in [0.15, 0.2) is 389 Å². The van der Waals surface area contributed by atoms with Gasteiger partial charge in [-0.2, -0.15) is 0 Å². The lowest BCUT2D eigenvalue weighted by atomic mass is 9.83. The molecule has 0 saturated heterocycles. The molecule has 25 rings (SSSR count). The molecule has 0 N–H and O–H groups in total. The molecule has 12 unspecified atom stereocenters. The van der Waals surface area contributed by atoms with Crippen molar-refractivity contribution in [3.05, 3.63) is 411 Å². The molecule has 8 aliphatic carbocycles. The molecule has 8 bridgehead atoms. The highest BCUT2D eigenvalue weighted by atomic mass is 15.2. The van der Waals surface area contributed by atoms with Crippen LogP contribution in [0.5, 0.6) is 0 Å². The van der Waals surface area contributed by atoms with Gasteiger partial charge < -0.3 is 19.6 Å². The average molecular weight is 1610 g/mol. The van der Waals surface area contributed by atoms with E-state index in [1.165, 1.54) is 225 Å². The van der Waals surface area contributed by atoms with Crippen molar-refractivity contribution in [1.29, 1.82) is 0 Å². The minimum absolute atomic E-state index is 0.761. The van der Waals surface area contributed by atoms with Crippen molar-refractivity contribution in [1.82, 2.24) is 9.97 Å². The van der Waals surface area contributed by atoms with Crippen LogP contribution in [0.4, 0.5) is 68.2 Å². The monoisotopic (exact) mass is 1610 g/mol. The van der Waals surface area contributed by atoms with Crippen LogP contribution in [0.25, 0.3) is 54.0 Å². The Hall–Kier alpha value is -12.9. The summed E-state index contributed by atoms with van der Waals surface area (Å²) in [5.41, 5.74) is 21.4. The third-order valence-electron chi connectivity index (χ3n) is 30.1. The molecule has 2 heterocycles. The van der Waals surface area contributed by atoms with Gasteiger partial charge in [-0.25, -0.2) is 0 Å². The largest absolute Gasteiger partial charge is 0.310 e. The van der Waals surface area contributed by atoms with E-state index in [9.17, 15) is 0 Å². The molecular weight excluding hydrogens is 1500 g/mol. The molecule has 2 aromatic heterocycles. The quantitative estimate of drug-likeness (QED) is 0.0898. The summed E-state index contributed by atoms with van der Waals surface area (Å²) in [6.07, 6.45) is 28.5. The van der Waals surface area contributed by atoms with E-state index in [1.54, 1.807) is 0 Å². The molecule has 0 spiro atoms. The highest BCUT2D eigenvalue weighted by Gasteiger charge is 2.44. The van der Waals surface area contributed by atoms with E-state index in [0.717, 1.165) is 93.3 Å². The maximum Gasteiger partial charge on any atom is 0.0722 e. The number of benzene rings is 15. The Kier molecular flexibility index (Phi) is 21.4. The number of nitrogens with zero attached hydrogens (tertiary/aromatic N) is 6. The van der Waals surface area contributed by atoms with Crippen LogP contribution >= 0.6 is 0 Å². The lowest BCUT2D eigenvalue weighted by Crippen LogP contribution is -2.12. The van der Waals surface area contributed by atoms with Gasteiger partial charge in [0.1, 0.15) is 0 Å². The normalized spacial score (nSPS) is 22.2. The summed E-state index contributed by atoms with van der Waals surface area (Å²) in [5.74, 6) is 10.7. The number of aromatic nitrogens is 2. The number of rotatable bonds is 16. The fraction of sp³-hybridized carbons (Fsp3) is 0.237. The molecule has 8 aliphatic rings. The Morgan fingerprint density at radius 3 is 1.01 bits per heavy atom. The first-order valence-electron chi connectivity index (χ1n) is 46.3. The second-order valence-electron chi connectivity index (χ2n) is 37.1. The van der Waals surface area contributed by atoms with Gasteiger partial charge in [0, 0.05) is 91.6 Å². The lowest BCUT2D eigenvalue weighted by molar-refractivity contribution is 0.420. The molecule has 0 radical (unpaired) electrons. The molecule has 8 saturated carbocycles. The van der Waals surface area contributed by atoms with Crippen molar-refractivity contribution in [2.45, 2.75) is 126 Å². The molecule has 17 aromatic rings. The smallest absolute Gasteiger partial charge is 0.0722 e. The SMILES string of the molecule is c1ccc(N(c2ccc(C3CC4CCC3C4)cc2)c2cc3ccccc3c3ccccc23)cc1.c1ccc(N(c2ccc(C3CC4CCC3C4)cc2)c2ccc3ccccc3c2)cc1.c1ccc(N(c2ccc(C3CC4CCC3C4)cc2)c2cccc3ccccc23)cc1.c1cnc2cc(N(c3ccncc3)c3ccc(C4CC5CCC4C5)cc3)ccc2c1. The zero-order chi connectivity index (χ0) is 82.2. The standard InChI is InChI=1S/C33H29N.2C29H27N.C27H25N3/c1-2-9-27(10-3-1)34(28-18-16-24(17-19-28)32-21-23-14-15-26(32)20-23)33-22-25-8-4-5-11-29(25)30-12-6-7-13-31(30)33;1-2-9-25(10-3-1)30(29-12-6-8-22-7-4-5-11-27(22)29)26-17-15-23(16-18-26)28-20-21-13-14-24(28)19-21;1-2-8-26(9-3-1)30(28-17-12-22-6-4-5-7-24(22)20-28)27-15-13-23(14-16-27)29-19-21-10-11-25(29)18-21;1-2-21-7-10-25(18-27(21)29-13-1)30(24-11-14-28-15-12-24)23-8-5-20(6-9-23)26-17-19-3-4-22(26)16-19/h1-13,16-19,22-23,26,32H,14-15,20-21H2;1-12,15-18,21,24,28H,13-14,19-20H2;1-9,12-17,20-21,25,29H,10-11,18-19H2;1-2,5-15,18-19,22,26H,3-4,16-17H2. The zero-order valence-electron chi connectivity index (χ0n) is 70.9. The molecule has 124 heavy (non-hydrogen) atoms. The van der Waals surface area contributed by atoms with Gasteiger partial charge in [-0.05, 0) is 342 Å². The van der Waals surface area contributed by atoms with Gasteiger partial charge >= 0.3 is 0 Å². The number of anilines is 12. The van der Waals surface area contributed by atoms with Crippen molar-refractivity contribution in [2.75, 3.05) is 19.6 Å². The Bertz CT molecular complexity index is 6360. The first-order chi connectivity index (χ1) is 61.4. The van der Waals surface area contributed by atoms with Crippen LogP contribution < -0.4 is 19.6 Å². The van der Waals surface area contributed by atoms with E-state index in [0.29, 0.717) is 0 Å². The molecule has 8 fully saturated rings. The molecule has 6 heteroatoms. The summed E-state index contributed by atoms with van der Waals surface area (Å²) in [6, 6.07) is 135. The third-order valence-corrected chi connectivity index (χ3v) is 30.1. The van der Waals surface area contributed by atoms with Gasteiger partial charge in [0.2, 0.25) is 0 Å². The maximum atomic E-state index is 4.56. The van der Waals surface area contributed by atoms with Crippen molar-refractivity contribution < 1.29 is 0 Å². The number of pyridine rings is 2. The summed E-state index contributed by atoms with van der Waals surface area (Å²) in [4.78, 5) is 18.3. The van der Waals surface area contributed by atoms with Crippen LogP contribution in [0.2, 0.25) is 0 Å². The van der Waals surface area contributed by atoms with Gasteiger partial charge in [-0.15, -0.1) is 0 Å². The van der Waals surface area contributed by atoms with Crippen molar-refractivity contribution >= 4 is 122 Å². The van der Waals surface area contributed by atoms with Crippen molar-refractivity contribution in [2.24, 2.45) is 47.3 Å². The fourth-order valence-corrected chi connectivity index (χ4v) is 24.2. The van der Waals surface area contributed by atoms with Crippen LogP contribution in [0.3, 0.4) is 0 Å². The second-order valence-corrected chi connectivity index (χ2v) is 37.1. The molecule has 0 amide bonds. The van der Waals surface area contributed by atoms with E-state index in [-0.39, 0.29) is 0 Å². The first-order valence-corrected chi connectivity index (χ1v) is 46.3. The van der Waals surface area contributed by atoms with E-state index >= 15 is 0 Å². The van der Waals surface area contributed by atoms with Gasteiger partial charge in [0.15, 0.2) is 0 Å². The summed E-state index contributed by atoms with van der Waals surface area (Å²) in [5, 5.41) is 11.4. The van der Waals surface area contributed by atoms with Gasteiger partial charge in [0.05, 0.1) is 16.9 Å². The predicted molar refractivity (Wildman–Crippen MR) is 520 cm³/mol. The summed E-state index contributed by atoms with van der Waals surface area (Å²) < 4.78 is 0. The minimum Gasteiger partial charge on any atom is -0.310 e. The maximum absolute atomic E-state index is 4.56. The highest BCUT2D eigenvalue weighted by molar-refractivity contribution is 6.14. The molecular formula is C118H108N6. The van der Waals surface area contributed by atoms with E-state index in [4.69, 9.17) is 0 Å². The lowest BCUT2D eigenvalue weighted by Gasteiger charge is -2.28. The van der Waals surface area contributed by atoms with Crippen LogP contribution in [0, 0.1) is 47.3 Å². The van der Waals surface area contributed by atoms with Crippen LogP contribution in [-0.2, 0) is 0 Å². The summed E-state index contributed by atoms with van der Waals surface area (Å²) in [6.45, 7) is 0. The molecule has 0 aliphatic heterocycles. The Labute approximate surface area is 731 Å². The van der Waals surface area contributed by atoms with Gasteiger partial charge in [-0.1, -0.05) is 256 Å². The average Bonchev–Trinajstić information content (AvgIpc) is 1.21. The zero-order valence-corrected chi connectivity index (χ0v) is 70.9. The van der Waals surface area contributed by atoms with Crippen molar-refractivity contribution in [3.8, 4) is 0 Å². The molecule has 12 atom stereocenters. The summed E-state index contributed by atoms with van der Waals surface area (Å²) in [7, 11) is 0. The molecule has 6 nitrogen and oxygen atoms in total. The fourth-order valence-electron chi connectivity index (χ4n) is 24.2. The second kappa shape index (κ2) is 34.4. The van der Waals surface area contributed by atoms with Gasteiger partial charge in [-0.3, -0.25) is 9.97 Å². The van der Waals surface area contributed by atoms with Crippen molar-refractivity contribution in [3.63, 3.8) is 0 Å². The Morgan fingerprint density at radius 1 is 0.194 bits per heavy atom. The predicted octanol–water partition coefficient (Wildman–Crippen LogP) is 32.8. The minimum atomic E-state index is 0.761. The number of para-hydroxylation sites is 3. The van der Waals surface area contributed by atoms with E-state index in [2.05, 4.69) is 394 Å².